The molecule has 2 fully saturated rings. The smallest absolute Gasteiger partial charge is 0.416 e. The van der Waals surface area contributed by atoms with Crippen LogP contribution in [0.3, 0.4) is 0 Å². The molecule has 0 spiro atoms. The normalized spacial score (nSPS) is 23.5. The minimum atomic E-state index is -4.51. The summed E-state index contributed by atoms with van der Waals surface area (Å²) < 4.78 is 58.6. The van der Waals surface area contributed by atoms with Crippen molar-refractivity contribution in [2.45, 2.75) is 31.9 Å². The van der Waals surface area contributed by atoms with Crippen LogP contribution in [0, 0.1) is 24.6 Å². The Balaban J connectivity index is 1.53. The molecule has 1 aliphatic carbocycles. The quantitative estimate of drug-likeness (QED) is 0.543. The van der Waals surface area contributed by atoms with Crippen LogP contribution in [-0.2, 0) is 10.9 Å². The van der Waals surface area contributed by atoms with Gasteiger partial charge in [0.25, 0.3) is 0 Å². The summed E-state index contributed by atoms with van der Waals surface area (Å²) in [6.07, 6.45) is -3.42. The average molecular weight is 423 g/mol. The molecule has 1 saturated carbocycles. The van der Waals surface area contributed by atoms with Gasteiger partial charge in [-0.2, -0.15) is 13.2 Å². The molecule has 30 heavy (non-hydrogen) atoms. The van der Waals surface area contributed by atoms with Crippen LogP contribution in [0.25, 0.3) is 0 Å². The van der Waals surface area contributed by atoms with E-state index in [4.69, 9.17) is 4.74 Å². The maximum atomic E-state index is 13.7. The zero-order valence-corrected chi connectivity index (χ0v) is 16.5. The predicted octanol–water partition coefficient (Wildman–Crippen LogP) is 4.36. The number of halogens is 4. The highest BCUT2D eigenvalue weighted by molar-refractivity contribution is 5.87. The number of methoxy groups -OCH3 is 1. The molecule has 1 saturated heterocycles. The van der Waals surface area contributed by atoms with Gasteiger partial charge in [-0.1, -0.05) is 0 Å². The van der Waals surface area contributed by atoms with Gasteiger partial charge in [-0.3, -0.25) is 0 Å². The molecule has 0 amide bonds. The lowest BCUT2D eigenvalue weighted by atomic mass is 9.91. The van der Waals surface area contributed by atoms with E-state index in [2.05, 4.69) is 9.97 Å². The number of aromatic nitrogens is 2. The van der Waals surface area contributed by atoms with E-state index >= 15 is 0 Å². The van der Waals surface area contributed by atoms with E-state index in [9.17, 15) is 22.4 Å². The number of aryl methyl sites for hydroxylation is 1. The molecule has 1 aliphatic heterocycles. The Morgan fingerprint density at radius 2 is 1.80 bits per heavy atom. The number of ether oxygens (including phenoxy) is 1. The van der Waals surface area contributed by atoms with Gasteiger partial charge in [-0.15, -0.1) is 0 Å². The molecule has 1 unspecified atom stereocenters. The first-order valence-electron chi connectivity index (χ1n) is 9.71. The summed E-state index contributed by atoms with van der Waals surface area (Å²) in [4.78, 5) is 22.5. The molecule has 0 radical (unpaired) electrons. The number of benzene rings is 1. The van der Waals surface area contributed by atoms with Gasteiger partial charge in [0, 0.05) is 18.8 Å². The molecule has 3 atom stereocenters. The van der Waals surface area contributed by atoms with E-state index < -0.39 is 23.5 Å². The van der Waals surface area contributed by atoms with Crippen molar-refractivity contribution in [1.29, 1.82) is 0 Å². The molecule has 9 heteroatoms. The van der Waals surface area contributed by atoms with Crippen LogP contribution in [0.15, 0.2) is 24.3 Å². The van der Waals surface area contributed by atoms with Crippen molar-refractivity contribution in [3.05, 3.63) is 52.6 Å². The molecule has 2 heterocycles. The first-order valence-corrected chi connectivity index (χ1v) is 9.71. The highest BCUT2D eigenvalue weighted by Crippen LogP contribution is 2.49. The molecule has 4 rings (SSSR count). The first kappa shape index (κ1) is 20.6. The van der Waals surface area contributed by atoms with Gasteiger partial charge >= 0.3 is 12.1 Å². The number of hydrogen-bond acceptors (Lipinski definition) is 5. The fourth-order valence-electron chi connectivity index (χ4n) is 4.75. The molecule has 0 bridgehead atoms. The van der Waals surface area contributed by atoms with Crippen molar-refractivity contribution in [2.24, 2.45) is 11.8 Å². The summed E-state index contributed by atoms with van der Waals surface area (Å²) >= 11 is 0. The van der Waals surface area contributed by atoms with Crippen LogP contribution >= 0.6 is 0 Å². The minimum Gasteiger partial charge on any atom is -0.464 e. The van der Waals surface area contributed by atoms with Crippen molar-refractivity contribution < 1.29 is 27.1 Å². The van der Waals surface area contributed by atoms with Crippen LogP contribution in [0.1, 0.15) is 46.1 Å². The van der Waals surface area contributed by atoms with E-state index in [0.29, 0.717) is 37.6 Å². The van der Waals surface area contributed by atoms with Gasteiger partial charge in [0.1, 0.15) is 5.82 Å². The van der Waals surface area contributed by atoms with Crippen LogP contribution in [0.2, 0.25) is 0 Å². The van der Waals surface area contributed by atoms with Gasteiger partial charge in [-0.05, 0) is 67.3 Å². The number of rotatable bonds is 3. The molecule has 1 aromatic heterocycles. The summed E-state index contributed by atoms with van der Waals surface area (Å²) in [5, 5.41) is 0. The Labute approximate surface area is 171 Å². The highest BCUT2D eigenvalue weighted by Gasteiger charge is 2.45. The Kier molecular flexibility index (Phi) is 5.15. The van der Waals surface area contributed by atoms with Crippen molar-refractivity contribution >= 4 is 11.9 Å². The van der Waals surface area contributed by atoms with Crippen LogP contribution in [0.5, 0.6) is 0 Å². The summed E-state index contributed by atoms with van der Waals surface area (Å²) in [7, 11) is 1.28. The molecular weight excluding hydrogens is 402 g/mol. The lowest BCUT2D eigenvalue weighted by molar-refractivity contribution is -0.138. The second-order valence-electron chi connectivity index (χ2n) is 8.01. The molecule has 2 aromatic rings. The summed E-state index contributed by atoms with van der Waals surface area (Å²) in [5.74, 6) is -0.802. The number of esters is 1. The number of fused-ring (bicyclic) bond motifs is 1. The Bertz CT molecular complexity index is 965. The van der Waals surface area contributed by atoms with Crippen LogP contribution < -0.4 is 4.90 Å². The number of anilines is 1. The monoisotopic (exact) mass is 423 g/mol. The fraction of sp³-hybridized carbons (Fsp3) is 0.476. The third-order valence-electron chi connectivity index (χ3n) is 6.03. The largest absolute Gasteiger partial charge is 0.464 e. The van der Waals surface area contributed by atoms with Crippen molar-refractivity contribution in [2.75, 3.05) is 25.1 Å². The lowest BCUT2D eigenvalue weighted by Gasteiger charge is -2.22. The Hall–Kier alpha value is -2.71. The van der Waals surface area contributed by atoms with E-state index in [-0.39, 0.29) is 29.0 Å². The molecule has 0 N–H and O–H groups in total. The van der Waals surface area contributed by atoms with Crippen molar-refractivity contribution in [1.82, 2.24) is 9.97 Å². The molecule has 1 aromatic carbocycles. The number of nitrogens with zero attached hydrogens (tertiary/aromatic N) is 3. The zero-order chi connectivity index (χ0) is 21.6. The number of alkyl halides is 3. The number of carbonyl (C=O) groups excluding carboxylic acids is 1. The Morgan fingerprint density at radius 1 is 1.13 bits per heavy atom. The average Bonchev–Trinajstić information content (AvgIpc) is 3.25. The van der Waals surface area contributed by atoms with Crippen molar-refractivity contribution in [3.63, 3.8) is 0 Å². The van der Waals surface area contributed by atoms with Crippen molar-refractivity contribution in [3.8, 4) is 0 Å². The minimum absolute atomic E-state index is 0.0447. The molecule has 160 valence electrons. The van der Waals surface area contributed by atoms with Gasteiger partial charge in [0.05, 0.1) is 12.7 Å². The van der Waals surface area contributed by atoms with Crippen LogP contribution in [0.4, 0.5) is 23.5 Å². The summed E-state index contributed by atoms with van der Waals surface area (Å²) in [6.45, 7) is 2.93. The maximum absolute atomic E-state index is 13.7. The number of carbonyl (C=O) groups is 1. The van der Waals surface area contributed by atoms with Gasteiger partial charge < -0.3 is 9.64 Å². The zero-order valence-electron chi connectivity index (χ0n) is 16.5. The SMILES string of the molecule is COC(=O)c1cc(C)nc(N2C[C@H]3CC(c4cc(F)ccc4C(F)(F)F)C[C@H]3C2)n1. The molecule has 5 nitrogen and oxygen atoms in total. The highest BCUT2D eigenvalue weighted by atomic mass is 19.4. The second-order valence-corrected chi connectivity index (χ2v) is 8.01. The third kappa shape index (κ3) is 3.85. The molecule has 2 aliphatic rings. The topological polar surface area (TPSA) is 55.3 Å². The molecular formula is C21H21F4N3O2. The standard InChI is InChI=1S/C21H21F4N3O2/c1-11-5-18(19(29)30-2)27-20(26-11)28-9-13-6-12(7-14(13)10-28)16-8-15(22)3-4-17(16)21(23,24)25/h3-5,8,12-14H,6-7,9-10H2,1-2H3/t12?,13-,14+. The first-order chi connectivity index (χ1) is 14.2. The van der Waals surface area contributed by atoms with E-state index in [1.807, 2.05) is 4.90 Å². The second kappa shape index (κ2) is 7.52. The van der Waals surface area contributed by atoms with Gasteiger partial charge in [0.15, 0.2) is 5.69 Å². The Morgan fingerprint density at radius 3 is 2.40 bits per heavy atom. The lowest BCUT2D eigenvalue weighted by Crippen LogP contribution is -2.25. The van der Waals surface area contributed by atoms with E-state index in [1.165, 1.54) is 7.11 Å². The third-order valence-corrected chi connectivity index (χ3v) is 6.03. The fourth-order valence-corrected chi connectivity index (χ4v) is 4.75. The number of hydrogen-bond donors (Lipinski definition) is 0. The van der Waals surface area contributed by atoms with E-state index in [0.717, 1.165) is 18.2 Å². The van der Waals surface area contributed by atoms with Gasteiger partial charge in [0.2, 0.25) is 5.95 Å². The summed E-state index contributed by atoms with van der Waals surface area (Å²) in [6, 6.07) is 4.27. The van der Waals surface area contributed by atoms with Gasteiger partial charge in [-0.25, -0.2) is 19.2 Å². The summed E-state index contributed by atoms with van der Waals surface area (Å²) in [5.41, 5.74) is 0.0909. The van der Waals surface area contributed by atoms with E-state index in [1.54, 1.807) is 13.0 Å². The maximum Gasteiger partial charge on any atom is 0.416 e. The van der Waals surface area contributed by atoms with Crippen LogP contribution in [-0.4, -0.2) is 36.1 Å². The predicted molar refractivity (Wildman–Crippen MR) is 101 cm³/mol.